The molecule has 1 aromatic rings. The number of halogens is 1. The third-order valence-corrected chi connectivity index (χ3v) is 2.51. The van der Waals surface area contributed by atoms with Gasteiger partial charge in [-0.15, -0.1) is 5.10 Å². The van der Waals surface area contributed by atoms with Crippen LogP contribution in [0.4, 0.5) is 4.39 Å². The van der Waals surface area contributed by atoms with Crippen molar-refractivity contribution in [2.24, 2.45) is 5.92 Å². The smallest absolute Gasteiger partial charge is 0.236 e. The molecule has 0 amide bonds. The van der Waals surface area contributed by atoms with E-state index in [0.717, 1.165) is 18.0 Å². The highest BCUT2D eigenvalue weighted by atomic mass is 19.1. The summed E-state index contributed by atoms with van der Waals surface area (Å²) in [4.78, 5) is 0. The van der Waals surface area contributed by atoms with Gasteiger partial charge < -0.3 is 0 Å². The minimum atomic E-state index is -0.296. The van der Waals surface area contributed by atoms with Gasteiger partial charge in [0.25, 0.3) is 0 Å². The Hall–Kier alpha value is -0.860. The molecule has 0 spiro atoms. The molecule has 0 unspecified atom stereocenters. The van der Waals surface area contributed by atoms with Crippen molar-refractivity contribution >= 4 is 0 Å². The quantitative estimate of drug-likeness (QED) is 0.702. The van der Waals surface area contributed by atoms with Crippen molar-refractivity contribution in [1.82, 2.24) is 9.78 Å². The maximum atomic E-state index is 13.2. The second-order valence-corrected chi connectivity index (χ2v) is 4.20. The highest BCUT2D eigenvalue weighted by Crippen LogP contribution is 2.30. The monoisotopic (exact) mass is 182 g/mol. The molecule has 0 atom stereocenters. The summed E-state index contributed by atoms with van der Waals surface area (Å²) in [7, 11) is 0. The van der Waals surface area contributed by atoms with E-state index in [4.69, 9.17) is 0 Å². The summed E-state index contributed by atoms with van der Waals surface area (Å²) in [6, 6.07) is 0. The van der Waals surface area contributed by atoms with Gasteiger partial charge in [-0.1, -0.05) is 13.8 Å². The van der Waals surface area contributed by atoms with Crippen LogP contribution in [-0.4, -0.2) is 9.78 Å². The first-order valence-corrected chi connectivity index (χ1v) is 4.89. The molecule has 2 rings (SSSR count). The summed E-state index contributed by atoms with van der Waals surface area (Å²) in [5, 5.41) is 3.86. The lowest BCUT2D eigenvalue weighted by Crippen LogP contribution is -2.00. The standard InChI is InChI=1S/C10H15FN2/c1-7(2)9-6-13(12-10(9)11)5-8-3-4-8/h6-8H,3-5H2,1-2H3. The van der Waals surface area contributed by atoms with Crippen molar-refractivity contribution in [3.63, 3.8) is 0 Å². The molecule has 0 aliphatic heterocycles. The molecule has 0 N–H and O–H groups in total. The van der Waals surface area contributed by atoms with Gasteiger partial charge in [-0.25, -0.2) is 0 Å². The fraction of sp³-hybridized carbons (Fsp3) is 0.700. The van der Waals surface area contributed by atoms with E-state index in [-0.39, 0.29) is 11.9 Å². The minimum Gasteiger partial charge on any atom is -0.269 e. The van der Waals surface area contributed by atoms with Crippen LogP contribution >= 0.6 is 0 Å². The van der Waals surface area contributed by atoms with Crippen molar-refractivity contribution in [2.45, 2.75) is 39.2 Å². The SMILES string of the molecule is CC(C)c1cn(CC2CC2)nc1F. The van der Waals surface area contributed by atoms with E-state index in [1.54, 1.807) is 4.68 Å². The van der Waals surface area contributed by atoms with Gasteiger partial charge in [0, 0.05) is 18.3 Å². The topological polar surface area (TPSA) is 17.8 Å². The van der Waals surface area contributed by atoms with Gasteiger partial charge in [0.05, 0.1) is 0 Å². The van der Waals surface area contributed by atoms with Crippen molar-refractivity contribution in [2.75, 3.05) is 0 Å². The van der Waals surface area contributed by atoms with Crippen LogP contribution in [0.25, 0.3) is 0 Å². The van der Waals surface area contributed by atoms with Crippen LogP contribution < -0.4 is 0 Å². The van der Waals surface area contributed by atoms with E-state index in [1.165, 1.54) is 12.8 Å². The maximum Gasteiger partial charge on any atom is 0.236 e. The number of rotatable bonds is 3. The largest absolute Gasteiger partial charge is 0.269 e. The highest BCUT2D eigenvalue weighted by molar-refractivity contribution is 5.11. The van der Waals surface area contributed by atoms with Crippen LogP contribution in [0.1, 0.15) is 38.2 Å². The first-order valence-electron chi connectivity index (χ1n) is 4.89. The predicted octanol–water partition coefficient (Wildman–Crippen LogP) is 2.56. The van der Waals surface area contributed by atoms with E-state index in [0.29, 0.717) is 0 Å². The van der Waals surface area contributed by atoms with Crippen molar-refractivity contribution in [1.29, 1.82) is 0 Å². The normalized spacial score (nSPS) is 16.9. The van der Waals surface area contributed by atoms with E-state index in [9.17, 15) is 4.39 Å². The number of hydrogen-bond acceptors (Lipinski definition) is 1. The summed E-state index contributed by atoms with van der Waals surface area (Å²) in [6.45, 7) is 4.87. The molecule has 1 aliphatic rings. The third-order valence-electron chi connectivity index (χ3n) is 2.51. The Morgan fingerprint density at radius 1 is 1.62 bits per heavy atom. The molecule has 0 radical (unpaired) electrons. The van der Waals surface area contributed by atoms with Crippen LogP contribution in [0, 0.1) is 11.9 Å². The Kier molecular flexibility index (Phi) is 2.10. The van der Waals surface area contributed by atoms with Crippen LogP contribution in [0.2, 0.25) is 0 Å². The summed E-state index contributed by atoms with van der Waals surface area (Å²) in [5.41, 5.74) is 0.737. The van der Waals surface area contributed by atoms with Crippen molar-refractivity contribution in [3.8, 4) is 0 Å². The molecular weight excluding hydrogens is 167 g/mol. The summed E-state index contributed by atoms with van der Waals surface area (Å²) >= 11 is 0. The van der Waals surface area contributed by atoms with Gasteiger partial charge in [-0.2, -0.15) is 4.39 Å². The van der Waals surface area contributed by atoms with Crippen molar-refractivity contribution in [3.05, 3.63) is 17.7 Å². The fourth-order valence-electron chi connectivity index (χ4n) is 1.46. The zero-order valence-electron chi connectivity index (χ0n) is 8.13. The first-order chi connectivity index (χ1) is 6.16. The Morgan fingerprint density at radius 2 is 2.31 bits per heavy atom. The average Bonchev–Trinajstić information content (AvgIpc) is 2.75. The molecule has 1 aliphatic carbocycles. The van der Waals surface area contributed by atoms with E-state index in [2.05, 4.69) is 5.10 Å². The zero-order valence-corrected chi connectivity index (χ0v) is 8.13. The number of hydrogen-bond donors (Lipinski definition) is 0. The molecular formula is C10H15FN2. The molecule has 2 nitrogen and oxygen atoms in total. The lowest BCUT2D eigenvalue weighted by Gasteiger charge is -1.98. The summed E-state index contributed by atoms with van der Waals surface area (Å²) < 4.78 is 15.0. The molecule has 0 aromatic carbocycles. The predicted molar refractivity (Wildman–Crippen MR) is 49.0 cm³/mol. The molecule has 0 bridgehead atoms. The van der Waals surface area contributed by atoms with Crippen LogP contribution in [0.15, 0.2) is 6.20 Å². The Balaban J connectivity index is 2.13. The lowest BCUT2D eigenvalue weighted by molar-refractivity contribution is 0.498. The first kappa shape index (κ1) is 8.73. The number of nitrogens with zero attached hydrogens (tertiary/aromatic N) is 2. The van der Waals surface area contributed by atoms with Crippen molar-refractivity contribution < 1.29 is 4.39 Å². The molecule has 72 valence electrons. The Morgan fingerprint density at radius 3 is 2.77 bits per heavy atom. The molecule has 1 heterocycles. The molecule has 3 heteroatoms. The molecule has 1 saturated carbocycles. The minimum absolute atomic E-state index is 0.230. The molecule has 1 aromatic heterocycles. The second-order valence-electron chi connectivity index (χ2n) is 4.20. The molecule has 13 heavy (non-hydrogen) atoms. The van der Waals surface area contributed by atoms with E-state index < -0.39 is 0 Å². The van der Waals surface area contributed by atoms with Gasteiger partial charge in [0.1, 0.15) is 0 Å². The Bertz CT molecular complexity index is 300. The average molecular weight is 182 g/mol. The lowest BCUT2D eigenvalue weighted by atomic mass is 10.1. The van der Waals surface area contributed by atoms with Gasteiger partial charge in [0.2, 0.25) is 5.95 Å². The third kappa shape index (κ3) is 1.90. The zero-order chi connectivity index (χ0) is 9.42. The summed E-state index contributed by atoms with van der Waals surface area (Å²) in [6.07, 6.45) is 4.40. The van der Waals surface area contributed by atoms with Crippen LogP contribution in [-0.2, 0) is 6.54 Å². The highest BCUT2D eigenvalue weighted by Gasteiger charge is 2.23. The van der Waals surface area contributed by atoms with Gasteiger partial charge in [-0.05, 0) is 24.7 Å². The fourth-order valence-corrected chi connectivity index (χ4v) is 1.46. The maximum absolute atomic E-state index is 13.2. The molecule has 1 fully saturated rings. The summed E-state index contributed by atoms with van der Waals surface area (Å²) in [5.74, 6) is 0.683. The van der Waals surface area contributed by atoms with Gasteiger partial charge in [-0.3, -0.25) is 4.68 Å². The van der Waals surface area contributed by atoms with Gasteiger partial charge >= 0.3 is 0 Å². The van der Waals surface area contributed by atoms with E-state index >= 15 is 0 Å². The van der Waals surface area contributed by atoms with E-state index in [1.807, 2.05) is 20.0 Å². The second kappa shape index (κ2) is 3.13. The van der Waals surface area contributed by atoms with Gasteiger partial charge in [0.15, 0.2) is 0 Å². The number of aromatic nitrogens is 2. The van der Waals surface area contributed by atoms with Crippen LogP contribution in [0.3, 0.4) is 0 Å². The van der Waals surface area contributed by atoms with Crippen LogP contribution in [0.5, 0.6) is 0 Å². The Labute approximate surface area is 77.8 Å². The molecule has 0 saturated heterocycles.